The number of aromatic nitrogens is 4. The highest BCUT2D eigenvalue weighted by atomic mass is 32.1. The van der Waals surface area contributed by atoms with Gasteiger partial charge < -0.3 is 10.1 Å². The van der Waals surface area contributed by atoms with Crippen LogP contribution in [-0.4, -0.2) is 37.8 Å². The Morgan fingerprint density at radius 3 is 2.82 bits per heavy atom. The fraction of sp³-hybridized carbons (Fsp3) is 0.389. The number of hydrogen-bond acceptors (Lipinski definition) is 7. The molecule has 0 bridgehead atoms. The van der Waals surface area contributed by atoms with Gasteiger partial charge in [0.2, 0.25) is 5.91 Å². The van der Waals surface area contributed by atoms with Crippen LogP contribution in [0.2, 0.25) is 0 Å². The van der Waals surface area contributed by atoms with E-state index in [0.717, 1.165) is 11.3 Å². The van der Waals surface area contributed by atoms with Gasteiger partial charge in [0.05, 0.1) is 24.7 Å². The lowest BCUT2D eigenvalue weighted by Crippen LogP contribution is -2.23. The molecule has 1 N–H and O–H groups in total. The van der Waals surface area contributed by atoms with E-state index in [-0.39, 0.29) is 31.0 Å². The van der Waals surface area contributed by atoms with Gasteiger partial charge in [0.15, 0.2) is 5.65 Å². The van der Waals surface area contributed by atoms with Crippen molar-refractivity contribution < 1.29 is 14.3 Å². The Labute approximate surface area is 164 Å². The van der Waals surface area contributed by atoms with Gasteiger partial charge >= 0.3 is 5.97 Å². The van der Waals surface area contributed by atoms with Gasteiger partial charge in [0.1, 0.15) is 10.4 Å². The molecule has 28 heavy (non-hydrogen) atoms. The Kier molecular flexibility index (Phi) is 5.88. The lowest BCUT2D eigenvalue weighted by atomic mass is 10.2. The molecule has 0 unspecified atom stereocenters. The van der Waals surface area contributed by atoms with Crippen LogP contribution < -0.4 is 10.9 Å². The van der Waals surface area contributed by atoms with Gasteiger partial charge in [-0.25, -0.2) is 9.78 Å². The lowest BCUT2D eigenvalue weighted by Gasteiger charge is -2.07. The topological polar surface area (TPSA) is 108 Å². The quantitative estimate of drug-likeness (QED) is 0.604. The number of fused-ring (bicyclic) bond motifs is 1. The summed E-state index contributed by atoms with van der Waals surface area (Å²) in [6.07, 6.45) is 3.68. The van der Waals surface area contributed by atoms with E-state index in [1.807, 2.05) is 6.92 Å². The number of esters is 1. The van der Waals surface area contributed by atoms with Crippen molar-refractivity contribution in [2.75, 3.05) is 11.9 Å². The van der Waals surface area contributed by atoms with Crippen LogP contribution in [0.25, 0.3) is 11.0 Å². The monoisotopic (exact) mass is 403 g/mol. The molecular formula is C18H21N5O4S. The van der Waals surface area contributed by atoms with Gasteiger partial charge in [0, 0.05) is 24.9 Å². The molecule has 0 saturated carbocycles. The molecule has 0 fully saturated rings. The summed E-state index contributed by atoms with van der Waals surface area (Å²) in [6, 6.07) is 1.74. The third kappa shape index (κ3) is 3.96. The molecule has 0 saturated heterocycles. The van der Waals surface area contributed by atoms with Crippen LogP contribution in [0.5, 0.6) is 0 Å². The summed E-state index contributed by atoms with van der Waals surface area (Å²) in [5, 5.41) is 7.65. The van der Waals surface area contributed by atoms with Crippen LogP contribution in [0.4, 0.5) is 5.00 Å². The van der Waals surface area contributed by atoms with Crippen molar-refractivity contribution in [3.05, 3.63) is 39.4 Å². The fourth-order valence-electron chi connectivity index (χ4n) is 2.71. The summed E-state index contributed by atoms with van der Waals surface area (Å²) in [5.41, 5.74) is 0.602. The third-order valence-electron chi connectivity index (χ3n) is 4.18. The molecule has 0 aliphatic heterocycles. The van der Waals surface area contributed by atoms with E-state index in [1.165, 1.54) is 33.1 Å². The second-order valence-corrected chi connectivity index (χ2v) is 7.21. The summed E-state index contributed by atoms with van der Waals surface area (Å²) in [4.78, 5) is 42.1. The van der Waals surface area contributed by atoms with Gasteiger partial charge in [-0.2, -0.15) is 5.10 Å². The van der Waals surface area contributed by atoms with Crippen molar-refractivity contribution >= 4 is 39.2 Å². The minimum atomic E-state index is -0.462. The molecule has 148 valence electrons. The molecule has 0 aliphatic rings. The number of carbonyl (C=O) groups excluding carboxylic acids is 2. The number of thiophene rings is 1. The van der Waals surface area contributed by atoms with Gasteiger partial charge in [0.25, 0.3) is 5.56 Å². The number of anilines is 1. The number of amides is 1. The molecule has 3 aromatic heterocycles. The molecule has 3 rings (SSSR count). The Morgan fingerprint density at radius 1 is 1.32 bits per heavy atom. The molecule has 9 nitrogen and oxygen atoms in total. The van der Waals surface area contributed by atoms with Crippen molar-refractivity contribution in [2.24, 2.45) is 7.05 Å². The summed E-state index contributed by atoms with van der Waals surface area (Å²) in [6.45, 7) is 4.13. The van der Waals surface area contributed by atoms with Crippen LogP contribution in [-0.2, 0) is 29.5 Å². The highest BCUT2D eigenvalue weighted by molar-refractivity contribution is 7.16. The Bertz CT molecular complexity index is 1080. The summed E-state index contributed by atoms with van der Waals surface area (Å²) < 4.78 is 7.95. The van der Waals surface area contributed by atoms with Gasteiger partial charge in [-0.05, 0) is 19.4 Å². The van der Waals surface area contributed by atoms with Crippen molar-refractivity contribution in [3.8, 4) is 0 Å². The molecule has 0 aliphatic carbocycles. The number of rotatable bonds is 7. The van der Waals surface area contributed by atoms with E-state index in [0.29, 0.717) is 21.6 Å². The van der Waals surface area contributed by atoms with Crippen LogP contribution in [0.3, 0.4) is 0 Å². The van der Waals surface area contributed by atoms with Crippen molar-refractivity contribution in [1.82, 2.24) is 19.3 Å². The summed E-state index contributed by atoms with van der Waals surface area (Å²) >= 11 is 1.35. The average molecular weight is 403 g/mol. The summed E-state index contributed by atoms with van der Waals surface area (Å²) in [5.74, 6) is -0.760. The lowest BCUT2D eigenvalue weighted by molar-refractivity contribution is -0.116. The van der Waals surface area contributed by atoms with E-state index in [1.54, 1.807) is 20.0 Å². The molecule has 0 atom stereocenters. The van der Waals surface area contributed by atoms with Gasteiger partial charge in [-0.15, -0.1) is 11.3 Å². The van der Waals surface area contributed by atoms with E-state index >= 15 is 0 Å². The first-order chi connectivity index (χ1) is 13.4. The third-order valence-corrected chi connectivity index (χ3v) is 5.37. The predicted octanol–water partition coefficient (Wildman–Crippen LogP) is 1.96. The number of carbonyl (C=O) groups is 2. The first kappa shape index (κ1) is 19.7. The van der Waals surface area contributed by atoms with Crippen LogP contribution in [0.1, 0.15) is 35.5 Å². The zero-order valence-corrected chi connectivity index (χ0v) is 16.7. The molecule has 0 aromatic carbocycles. The predicted molar refractivity (Wildman–Crippen MR) is 106 cm³/mol. The van der Waals surface area contributed by atoms with E-state index in [4.69, 9.17) is 4.74 Å². The maximum absolute atomic E-state index is 12.4. The van der Waals surface area contributed by atoms with E-state index in [9.17, 15) is 14.4 Å². The minimum absolute atomic E-state index is 0.0645. The Hall–Kier alpha value is -3.01. The van der Waals surface area contributed by atoms with Crippen molar-refractivity contribution in [2.45, 2.75) is 33.2 Å². The zero-order chi connectivity index (χ0) is 20.3. The Balaban J connectivity index is 1.71. The van der Waals surface area contributed by atoms with E-state index < -0.39 is 5.97 Å². The molecular weight excluding hydrogens is 382 g/mol. The number of aryl methyl sites for hydroxylation is 3. The molecule has 1 amide bonds. The van der Waals surface area contributed by atoms with Gasteiger partial charge in [-0.1, -0.05) is 6.92 Å². The Morgan fingerprint density at radius 2 is 2.11 bits per heavy atom. The second-order valence-electron chi connectivity index (χ2n) is 6.08. The number of hydrogen-bond donors (Lipinski definition) is 1. The minimum Gasteiger partial charge on any atom is -0.462 e. The van der Waals surface area contributed by atoms with Crippen molar-refractivity contribution in [3.63, 3.8) is 0 Å². The van der Waals surface area contributed by atoms with Crippen molar-refractivity contribution in [1.29, 1.82) is 0 Å². The first-order valence-electron chi connectivity index (χ1n) is 8.91. The SMILES string of the molecule is CCOC(=O)c1cc(CC)sc1NC(=O)CCn1cnc2c(cnn2C)c1=O. The van der Waals surface area contributed by atoms with Gasteiger partial charge in [-0.3, -0.25) is 18.8 Å². The maximum atomic E-state index is 12.4. The molecule has 3 heterocycles. The normalized spacial score (nSPS) is 11.0. The fourth-order valence-corrected chi connectivity index (χ4v) is 3.71. The van der Waals surface area contributed by atoms with Crippen LogP contribution in [0, 0.1) is 0 Å². The molecule has 0 radical (unpaired) electrons. The zero-order valence-electron chi connectivity index (χ0n) is 15.9. The smallest absolute Gasteiger partial charge is 0.341 e. The number of nitrogens with one attached hydrogen (secondary N) is 1. The molecule has 3 aromatic rings. The first-order valence-corrected chi connectivity index (χ1v) is 9.73. The van der Waals surface area contributed by atoms with Crippen LogP contribution >= 0.6 is 11.3 Å². The standard InChI is InChI=1S/C18H21N5O4S/c1-4-11-8-12(18(26)27-5-2)16(28-11)21-14(24)6-7-23-10-19-15-13(17(23)25)9-20-22(15)3/h8-10H,4-7H2,1-3H3,(H,21,24). The second kappa shape index (κ2) is 8.34. The number of ether oxygens (including phenoxy) is 1. The van der Waals surface area contributed by atoms with E-state index in [2.05, 4.69) is 15.4 Å². The largest absolute Gasteiger partial charge is 0.462 e. The molecule has 0 spiro atoms. The average Bonchev–Trinajstić information content (AvgIpc) is 3.25. The maximum Gasteiger partial charge on any atom is 0.341 e. The van der Waals surface area contributed by atoms with Crippen LogP contribution in [0.15, 0.2) is 23.4 Å². The highest BCUT2D eigenvalue weighted by Gasteiger charge is 2.19. The summed E-state index contributed by atoms with van der Waals surface area (Å²) in [7, 11) is 1.71. The number of nitrogens with zero attached hydrogens (tertiary/aromatic N) is 4. The highest BCUT2D eigenvalue weighted by Crippen LogP contribution is 2.29. The molecule has 10 heteroatoms.